The predicted molar refractivity (Wildman–Crippen MR) is 71.8 cm³/mol. The standard InChI is InChI=1S/C9H9ClO3.2C2H6/c10-7-5-6(1-3-8(7)11)2-4-9(12)13;2*1-2/h1,3,5,11H,2,4H2,(H,12,13);2*1-2H3. The van der Waals surface area contributed by atoms with Gasteiger partial charge >= 0.3 is 5.97 Å². The van der Waals surface area contributed by atoms with E-state index in [0.717, 1.165) is 5.56 Å². The molecule has 0 aliphatic rings. The molecule has 0 saturated carbocycles. The van der Waals surface area contributed by atoms with E-state index in [1.54, 1.807) is 12.1 Å². The molecule has 0 atom stereocenters. The van der Waals surface area contributed by atoms with Gasteiger partial charge in [0.2, 0.25) is 0 Å². The lowest BCUT2D eigenvalue weighted by Crippen LogP contribution is -1.97. The summed E-state index contributed by atoms with van der Waals surface area (Å²) in [5, 5.41) is 17.7. The molecular weight excluding hydrogens is 240 g/mol. The van der Waals surface area contributed by atoms with E-state index in [-0.39, 0.29) is 17.2 Å². The van der Waals surface area contributed by atoms with Gasteiger partial charge in [0.1, 0.15) is 5.75 Å². The maximum absolute atomic E-state index is 10.2. The highest BCUT2D eigenvalue weighted by molar-refractivity contribution is 6.32. The van der Waals surface area contributed by atoms with Crippen LogP contribution in [0, 0.1) is 0 Å². The highest BCUT2D eigenvalue weighted by atomic mass is 35.5. The Balaban J connectivity index is 0. The first kappa shape index (κ1) is 18.2. The first-order valence-corrected chi connectivity index (χ1v) is 6.16. The molecule has 0 aliphatic heterocycles. The largest absolute Gasteiger partial charge is 0.506 e. The lowest BCUT2D eigenvalue weighted by Gasteiger charge is -2.00. The third-order valence-electron chi connectivity index (χ3n) is 1.64. The van der Waals surface area contributed by atoms with Gasteiger partial charge in [-0.1, -0.05) is 45.4 Å². The van der Waals surface area contributed by atoms with Crippen molar-refractivity contribution in [2.24, 2.45) is 0 Å². The van der Waals surface area contributed by atoms with Gasteiger partial charge in [0.15, 0.2) is 0 Å². The van der Waals surface area contributed by atoms with E-state index in [2.05, 4.69) is 0 Å². The van der Waals surface area contributed by atoms with Gasteiger partial charge in [-0.15, -0.1) is 0 Å². The Morgan fingerprint density at radius 3 is 2.18 bits per heavy atom. The van der Waals surface area contributed by atoms with Gasteiger partial charge in [-0.05, 0) is 24.1 Å². The molecule has 0 heterocycles. The van der Waals surface area contributed by atoms with Crippen molar-refractivity contribution in [3.8, 4) is 5.75 Å². The van der Waals surface area contributed by atoms with E-state index in [9.17, 15) is 4.79 Å². The van der Waals surface area contributed by atoms with Crippen molar-refractivity contribution in [3.63, 3.8) is 0 Å². The van der Waals surface area contributed by atoms with Crippen LogP contribution in [0.5, 0.6) is 5.75 Å². The Hall–Kier alpha value is -1.22. The minimum absolute atomic E-state index is 0.0146. The summed E-state index contributed by atoms with van der Waals surface area (Å²) in [5.41, 5.74) is 0.810. The molecular formula is C13H21ClO3. The number of halogens is 1. The summed E-state index contributed by atoms with van der Waals surface area (Å²) >= 11 is 5.63. The molecule has 0 aromatic heterocycles. The van der Waals surface area contributed by atoms with Crippen molar-refractivity contribution in [2.75, 3.05) is 0 Å². The van der Waals surface area contributed by atoms with E-state index < -0.39 is 5.97 Å². The second-order valence-electron chi connectivity index (χ2n) is 2.68. The number of aryl methyl sites for hydroxylation is 1. The summed E-state index contributed by atoms with van der Waals surface area (Å²) < 4.78 is 0. The first-order valence-electron chi connectivity index (χ1n) is 5.79. The van der Waals surface area contributed by atoms with Crippen molar-refractivity contribution in [2.45, 2.75) is 40.5 Å². The number of hydrogen-bond donors (Lipinski definition) is 2. The van der Waals surface area contributed by atoms with E-state index in [1.807, 2.05) is 27.7 Å². The molecule has 0 fully saturated rings. The predicted octanol–water partition coefficient (Wildman–Crippen LogP) is 4.12. The summed E-state index contributed by atoms with van der Waals surface area (Å²) in [7, 11) is 0. The van der Waals surface area contributed by atoms with E-state index in [1.165, 1.54) is 6.07 Å². The Morgan fingerprint density at radius 1 is 1.24 bits per heavy atom. The highest BCUT2D eigenvalue weighted by Crippen LogP contribution is 2.23. The van der Waals surface area contributed by atoms with Crippen LogP contribution in [0.4, 0.5) is 0 Å². The fraction of sp³-hybridized carbons (Fsp3) is 0.462. The molecule has 4 heteroatoms. The summed E-state index contributed by atoms with van der Waals surface area (Å²) in [6.45, 7) is 8.00. The molecule has 0 amide bonds. The van der Waals surface area contributed by atoms with Crippen molar-refractivity contribution in [1.29, 1.82) is 0 Å². The van der Waals surface area contributed by atoms with Gasteiger partial charge in [-0.25, -0.2) is 0 Å². The Kier molecular flexibility index (Phi) is 12.0. The molecule has 0 saturated heterocycles. The number of benzene rings is 1. The molecule has 17 heavy (non-hydrogen) atoms. The van der Waals surface area contributed by atoms with Gasteiger partial charge in [0.25, 0.3) is 0 Å². The number of carbonyl (C=O) groups is 1. The molecule has 2 N–H and O–H groups in total. The van der Waals surface area contributed by atoms with Crippen LogP contribution in [-0.2, 0) is 11.2 Å². The minimum Gasteiger partial charge on any atom is -0.506 e. The lowest BCUT2D eigenvalue weighted by molar-refractivity contribution is -0.136. The molecule has 0 aliphatic carbocycles. The maximum atomic E-state index is 10.2. The third kappa shape index (κ3) is 8.57. The fourth-order valence-electron chi connectivity index (χ4n) is 0.957. The van der Waals surface area contributed by atoms with Crippen LogP contribution >= 0.6 is 11.6 Å². The number of aromatic hydroxyl groups is 1. The second kappa shape index (κ2) is 11.3. The molecule has 1 rings (SSSR count). The Labute approximate surface area is 108 Å². The minimum atomic E-state index is -0.843. The fourth-order valence-corrected chi connectivity index (χ4v) is 1.16. The van der Waals surface area contributed by atoms with Crippen molar-refractivity contribution in [1.82, 2.24) is 0 Å². The highest BCUT2D eigenvalue weighted by Gasteiger charge is 2.02. The summed E-state index contributed by atoms with van der Waals surface area (Å²) in [4.78, 5) is 10.2. The van der Waals surface area contributed by atoms with E-state index in [4.69, 9.17) is 21.8 Å². The average molecular weight is 261 g/mol. The number of carboxylic acids is 1. The third-order valence-corrected chi connectivity index (χ3v) is 1.94. The van der Waals surface area contributed by atoms with Gasteiger partial charge in [-0.3, -0.25) is 4.79 Å². The summed E-state index contributed by atoms with van der Waals surface area (Å²) in [6, 6.07) is 4.68. The quantitative estimate of drug-likeness (QED) is 0.860. The van der Waals surface area contributed by atoms with Crippen molar-refractivity contribution in [3.05, 3.63) is 28.8 Å². The number of rotatable bonds is 3. The van der Waals surface area contributed by atoms with Gasteiger partial charge < -0.3 is 10.2 Å². The van der Waals surface area contributed by atoms with E-state index >= 15 is 0 Å². The molecule has 0 spiro atoms. The zero-order valence-electron chi connectivity index (χ0n) is 10.8. The molecule has 1 aromatic carbocycles. The summed E-state index contributed by atoms with van der Waals surface area (Å²) in [5.74, 6) is -0.829. The zero-order valence-corrected chi connectivity index (χ0v) is 11.6. The van der Waals surface area contributed by atoms with Crippen LogP contribution in [0.25, 0.3) is 0 Å². The van der Waals surface area contributed by atoms with Crippen molar-refractivity contribution >= 4 is 17.6 Å². The maximum Gasteiger partial charge on any atom is 0.303 e. The molecule has 0 bridgehead atoms. The average Bonchev–Trinajstić information content (AvgIpc) is 2.36. The molecule has 3 nitrogen and oxygen atoms in total. The number of phenolic OH excluding ortho intramolecular Hbond substituents is 1. The molecule has 1 aromatic rings. The van der Waals surface area contributed by atoms with Crippen LogP contribution in [0.15, 0.2) is 18.2 Å². The molecule has 0 unspecified atom stereocenters. The summed E-state index contributed by atoms with van der Waals surface area (Å²) in [6.07, 6.45) is 0.496. The molecule has 0 radical (unpaired) electrons. The zero-order chi connectivity index (χ0) is 13.8. The SMILES string of the molecule is CC.CC.O=C(O)CCc1ccc(O)c(Cl)c1. The number of hydrogen-bond acceptors (Lipinski definition) is 2. The number of carboxylic acid groups (broad SMARTS) is 1. The monoisotopic (exact) mass is 260 g/mol. The van der Waals surface area contributed by atoms with Gasteiger partial charge in [0, 0.05) is 6.42 Å². The van der Waals surface area contributed by atoms with Gasteiger partial charge in [0.05, 0.1) is 5.02 Å². The van der Waals surface area contributed by atoms with Crippen LogP contribution in [0.3, 0.4) is 0 Å². The van der Waals surface area contributed by atoms with Crippen LogP contribution in [0.2, 0.25) is 5.02 Å². The second-order valence-corrected chi connectivity index (χ2v) is 3.09. The van der Waals surface area contributed by atoms with E-state index in [0.29, 0.717) is 6.42 Å². The van der Waals surface area contributed by atoms with Crippen LogP contribution in [-0.4, -0.2) is 16.2 Å². The number of aliphatic carboxylic acids is 1. The smallest absolute Gasteiger partial charge is 0.303 e. The van der Waals surface area contributed by atoms with Gasteiger partial charge in [-0.2, -0.15) is 0 Å². The first-order chi connectivity index (χ1) is 8.09. The molecule has 98 valence electrons. The van der Waals surface area contributed by atoms with Crippen LogP contribution < -0.4 is 0 Å². The topological polar surface area (TPSA) is 57.5 Å². The van der Waals surface area contributed by atoms with Crippen molar-refractivity contribution < 1.29 is 15.0 Å². The normalized spacial score (nSPS) is 8.29. The Bertz CT molecular complexity index is 324. The number of phenols is 1. The van der Waals surface area contributed by atoms with Crippen LogP contribution in [0.1, 0.15) is 39.7 Å². The Morgan fingerprint density at radius 2 is 1.76 bits per heavy atom. The lowest BCUT2D eigenvalue weighted by atomic mass is 10.1.